The van der Waals surface area contributed by atoms with Crippen molar-refractivity contribution in [3.05, 3.63) is 77.0 Å². The number of Topliss-reactive ketones (excluding diaryl/α,β-unsaturated/α-hetero) is 1. The third-order valence-electron chi connectivity index (χ3n) is 4.82. The lowest BCUT2D eigenvalue weighted by molar-refractivity contribution is -0.138. The summed E-state index contributed by atoms with van der Waals surface area (Å²) in [5, 5.41) is 5.38. The van der Waals surface area contributed by atoms with E-state index < -0.39 is 23.5 Å². The van der Waals surface area contributed by atoms with E-state index in [1.54, 1.807) is 0 Å². The number of carbonyl (C=O) groups excluding carboxylic acids is 1. The van der Waals surface area contributed by atoms with Gasteiger partial charge in [-0.3, -0.25) is 4.79 Å². The molecule has 34 heavy (non-hydrogen) atoms. The summed E-state index contributed by atoms with van der Waals surface area (Å²) in [5.74, 6) is 0.0971. The second-order valence-corrected chi connectivity index (χ2v) is 7.26. The van der Waals surface area contributed by atoms with Gasteiger partial charge in [-0.1, -0.05) is 12.1 Å². The Labute approximate surface area is 190 Å². The Morgan fingerprint density at radius 1 is 0.971 bits per heavy atom. The number of methoxy groups -OCH3 is 1. The Balaban J connectivity index is 1.90. The Morgan fingerprint density at radius 3 is 2.32 bits per heavy atom. The van der Waals surface area contributed by atoms with Gasteiger partial charge in [0.15, 0.2) is 5.78 Å². The fraction of sp³-hybridized carbons (Fsp3) is 0.217. The molecule has 5 nitrogen and oxygen atoms in total. The molecule has 0 bridgehead atoms. The highest BCUT2D eigenvalue weighted by molar-refractivity contribution is 5.95. The first-order valence-corrected chi connectivity index (χ1v) is 9.81. The minimum Gasteiger partial charge on any atom is -0.495 e. The predicted octanol–water partition coefficient (Wildman–Crippen LogP) is 6.69. The second kappa shape index (κ2) is 9.62. The molecule has 0 saturated carbocycles. The van der Waals surface area contributed by atoms with Gasteiger partial charge in [-0.15, -0.1) is 0 Å². The van der Waals surface area contributed by atoms with Gasteiger partial charge in [-0.05, 0) is 42.8 Å². The minimum atomic E-state index is -4.75. The van der Waals surface area contributed by atoms with Crippen LogP contribution in [-0.4, -0.2) is 17.9 Å². The molecule has 0 amide bonds. The SMILES string of the molecule is COc1cc(C(C)=O)ccc1Nc1cc(NCc2cccc(C(F)(F)F)c2)c(C(F)(F)F)cn1. The van der Waals surface area contributed by atoms with Gasteiger partial charge in [0.2, 0.25) is 0 Å². The molecule has 2 aromatic carbocycles. The van der Waals surface area contributed by atoms with E-state index in [4.69, 9.17) is 4.74 Å². The fourth-order valence-corrected chi connectivity index (χ4v) is 3.10. The molecule has 0 saturated heterocycles. The number of hydrogen-bond donors (Lipinski definition) is 2. The van der Waals surface area contributed by atoms with Crippen molar-refractivity contribution in [2.75, 3.05) is 17.7 Å². The van der Waals surface area contributed by atoms with E-state index in [0.717, 1.165) is 18.2 Å². The quantitative estimate of drug-likeness (QED) is 0.290. The van der Waals surface area contributed by atoms with Crippen LogP contribution in [0.1, 0.15) is 34.0 Å². The smallest absolute Gasteiger partial charge is 0.419 e. The summed E-state index contributed by atoms with van der Waals surface area (Å²) in [5.41, 5.74) is -1.47. The molecule has 3 rings (SSSR count). The molecule has 180 valence electrons. The summed E-state index contributed by atoms with van der Waals surface area (Å²) >= 11 is 0. The van der Waals surface area contributed by atoms with Crippen LogP contribution in [0.3, 0.4) is 0 Å². The van der Waals surface area contributed by atoms with Gasteiger partial charge in [0.05, 0.1) is 29.6 Å². The fourth-order valence-electron chi connectivity index (χ4n) is 3.10. The zero-order valence-corrected chi connectivity index (χ0v) is 17.9. The Bertz CT molecular complexity index is 1190. The molecule has 1 heterocycles. The van der Waals surface area contributed by atoms with E-state index in [0.29, 0.717) is 17.4 Å². The monoisotopic (exact) mass is 483 g/mol. The van der Waals surface area contributed by atoms with Crippen molar-refractivity contribution in [2.24, 2.45) is 0 Å². The van der Waals surface area contributed by atoms with Crippen LogP contribution in [0.4, 0.5) is 43.5 Å². The number of halogens is 6. The maximum absolute atomic E-state index is 13.5. The highest BCUT2D eigenvalue weighted by Crippen LogP contribution is 2.37. The standard InChI is InChI=1S/C23H19F6N3O2/c1-13(33)15-6-7-18(20(9-15)34-2)32-21-10-19(17(12-31-21)23(27,28)29)30-11-14-4-3-5-16(8-14)22(24,25)26/h3-10,12H,11H2,1-2H3,(H2,30,31,32). The highest BCUT2D eigenvalue weighted by Gasteiger charge is 2.34. The van der Waals surface area contributed by atoms with Crippen molar-refractivity contribution in [1.29, 1.82) is 0 Å². The van der Waals surface area contributed by atoms with Gasteiger partial charge in [0, 0.05) is 24.4 Å². The molecule has 2 N–H and O–H groups in total. The zero-order chi connectivity index (χ0) is 25.1. The molecule has 0 aliphatic heterocycles. The number of nitrogens with one attached hydrogen (secondary N) is 2. The van der Waals surface area contributed by atoms with Crippen molar-refractivity contribution in [3.63, 3.8) is 0 Å². The molecule has 0 spiro atoms. The Hall–Kier alpha value is -3.76. The van der Waals surface area contributed by atoms with Crippen molar-refractivity contribution < 1.29 is 35.9 Å². The number of nitrogens with zero attached hydrogens (tertiary/aromatic N) is 1. The van der Waals surface area contributed by atoms with E-state index in [1.807, 2.05) is 0 Å². The first kappa shape index (κ1) is 24.9. The van der Waals surface area contributed by atoms with Crippen LogP contribution in [0, 0.1) is 0 Å². The van der Waals surface area contributed by atoms with Crippen molar-refractivity contribution in [3.8, 4) is 5.75 Å². The van der Waals surface area contributed by atoms with E-state index in [-0.39, 0.29) is 35.1 Å². The maximum atomic E-state index is 13.5. The number of benzene rings is 2. The van der Waals surface area contributed by atoms with E-state index in [2.05, 4.69) is 15.6 Å². The number of pyridine rings is 1. The topological polar surface area (TPSA) is 63.2 Å². The first-order valence-electron chi connectivity index (χ1n) is 9.81. The molecule has 0 atom stereocenters. The molecule has 11 heteroatoms. The number of aromatic nitrogens is 1. The van der Waals surface area contributed by atoms with Crippen LogP contribution in [-0.2, 0) is 18.9 Å². The van der Waals surface area contributed by atoms with E-state index >= 15 is 0 Å². The lowest BCUT2D eigenvalue weighted by Crippen LogP contribution is -2.13. The lowest BCUT2D eigenvalue weighted by atomic mass is 10.1. The zero-order valence-electron chi connectivity index (χ0n) is 17.9. The van der Waals surface area contributed by atoms with Gasteiger partial charge >= 0.3 is 12.4 Å². The third kappa shape index (κ3) is 5.97. The molecular formula is C23H19F6N3O2. The summed E-state index contributed by atoms with van der Waals surface area (Å²) in [4.78, 5) is 15.4. The minimum absolute atomic E-state index is 0.0217. The normalized spacial score (nSPS) is 11.8. The van der Waals surface area contributed by atoms with Gasteiger partial charge in [0.1, 0.15) is 11.6 Å². The van der Waals surface area contributed by atoms with Gasteiger partial charge in [0.25, 0.3) is 0 Å². The maximum Gasteiger partial charge on any atom is 0.419 e. The molecule has 0 aliphatic rings. The summed E-state index contributed by atoms with van der Waals surface area (Å²) < 4.78 is 84.5. The number of hydrogen-bond acceptors (Lipinski definition) is 5. The molecular weight excluding hydrogens is 464 g/mol. The van der Waals surface area contributed by atoms with Crippen LogP contribution in [0.5, 0.6) is 5.75 Å². The third-order valence-corrected chi connectivity index (χ3v) is 4.82. The van der Waals surface area contributed by atoms with Crippen molar-refractivity contribution in [2.45, 2.75) is 25.8 Å². The second-order valence-electron chi connectivity index (χ2n) is 7.26. The summed E-state index contributed by atoms with van der Waals surface area (Å²) in [6.45, 7) is 1.09. The Kier molecular flexibility index (Phi) is 7.04. The number of alkyl halides is 6. The molecule has 3 aromatic rings. The molecule has 1 aromatic heterocycles. The molecule has 0 aliphatic carbocycles. The summed E-state index contributed by atoms with van der Waals surface area (Å²) in [6.07, 6.45) is -8.70. The summed E-state index contributed by atoms with van der Waals surface area (Å²) in [6, 6.07) is 9.90. The number of ketones is 1. The van der Waals surface area contributed by atoms with E-state index in [1.165, 1.54) is 44.4 Å². The number of carbonyl (C=O) groups is 1. The number of anilines is 3. The molecule has 0 fully saturated rings. The van der Waals surface area contributed by atoms with Crippen LogP contribution in [0.2, 0.25) is 0 Å². The number of rotatable bonds is 7. The van der Waals surface area contributed by atoms with Crippen LogP contribution in [0.15, 0.2) is 54.7 Å². The van der Waals surface area contributed by atoms with Gasteiger partial charge in [-0.2, -0.15) is 26.3 Å². The van der Waals surface area contributed by atoms with Gasteiger partial charge in [-0.25, -0.2) is 4.98 Å². The highest BCUT2D eigenvalue weighted by atomic mass is 19.4. The lowest BCUT2D eigenvalue weighted by Gasteiger charge is -2.17. The van der Waals surface area contributed by atoms with Crippen LogP contribution < -0.4 is 15.4 Å². The molecule has 0 radical (unpaired) electrons. The molecule has 0 unspecified atom stereocenters. The van der Waals surface area contributed by atoms with Crippen molar-refractivity contribution >= 4 is 23.0 Å². The average Bonchev–Trinajstić information content (AvgIpc) is 2.76. The largest absolute Gasteiger partial charge is 0.495 e. The Morgan fingerprint density at radius 2 is 1.71 bits per heavy atom. The predicted molar refractivity (Wildman–Crippen MR) is 114 cm³/mol. The van der Waals surface area contributed by atoms with E-state index in [9.17, 15) is 31.1 Å². The van der Waals surface area contributed by atoms with Crippen LogP contribution in [0.25, 0.3) is 0 Å². The average molecular weight is 483 g/mol. The van der Waals surface area contributed by atoms with Gasteiger partial charge < -0.3 is 15.4 Å². The summed E-state index contributed by atoms with van der Waals surface area (Å²) in [7, 11) is 1.37. The van der Waals surface area contributed by atoms with Crippen molar-refractivity contribution in [1.82, 2.24) is 4.98 Å². The first-order chi connectivity index (χ1) is 15.9. The number of ether oxygens (including phenoxy) is 1. The van der Waals surface area contributed by atoms with Crippen LogP contribution >= 0.6 is 0 Å².